The number of ketones is 1. The minimum Gasteiger partial charge on any atom is -0.456 e. The molecule has 1 saturated heterocycles. The quantitative estimate of drug-likeness (QED) is 0.336. The maximum Gasteiger partial charge on any atom is 0.337 e. The van der Waals surface area contributed by atoms with Crippen LogP contribution in [0.25, 0.3) is 0 Å². The van der Waals surface area contributed by atoms with Crippen molar-refractivity contribution >= 4 is 11.8 Å². The molecule has 0 spiro atoms. The van der Waals surface area contributed by atoms with Crippen LogP contribution in [0, 0.1) is 34.5 Å². The van der Waals surface area contributed by atoms with Gasteiger partial charge in [-0.3, -0.25) is 4.79 Å². The molecule has 0 aromatic heterocycles. The predicted octanol–water partition coefficient (Wildman–Crippen LogP) is 1.99. The number of likely N-dealkylation sites (N-methyl/N-ethyl adjacent to an activating group) is 1. The van der Waals surface area contributed by atoms with Crippen LogP contribution in [0.4, 0.5) is 0 Å². The first-order chi connectivity index (χ1) is 16.5. The van der Waals surface area contributed by atoms with Gasteiger partial charge in [-0.15, -0.1) is 0 Å². The molecule has 1 heterocycles. The summed E-state index contributed by atoms with van der Waals surface area (Å²) < 4.78 is 11.6. The molecule has 4 aliphatic rings. The van der Waals surface area contributed by atoms with E-state index in [1.54, 1.807) is 14.0 Å². The number of hydrogen-bond acceptors (Lipinski definition) is 8. The van der Waals surface area contributed by atoms with Crippen LogP contribution in [0.5, 0.6) is 0 Å². The molecule has 1 aliphatic heterocycles. The van der Waals surface area contributed by atoms with Gasteiger partial charge in [0.1, 0.15) is 17.5 Å². The third kappa shape index (κ3) is 3.37. The van der Waals surface area contributed by atoms with E-state index in [0.717, 1.165) is 11.1 Å². The van der Waals surface area contributed by atoms with Crippen LogP contribution in [-0.2, 0) is 19.1 Å². The Morgan fingerprint density at radius 1 is 1.19 bits per heavy atom. The molecule has 8 heteroatoms. The lowest BCUT2D eigenvalue weighted by molar-refractivity contribution is -0.328. The maximum absolute atomic E-state index is 14.4. The number of nitrogens with one attached hydrogen (secondary N) is 1. The highest BCUT2D eigenvalue weighted by molar-refractivity contribution is 5.90. The normalized spacial score (nSPS) is 47.5. The minimum atomic E-state index is -1.39. The molecule has 0 radical (unpaired) electrons. The van der Waals surface area contributed by atoms with Gasteiger partial charge in [-0.2, -0.15) is 0 Å². The van der Waals surface area contributed by atoms with Gasteiger partial charge in [0.15, 0.2) is 6.10 Å². The fraction of sp³-hybridized carbons (Fsp3) is 0.857. The Hall–Kier alpha value is -1.32. The second kappa shape index (κ2) is 8.60. The van der Waals surface area contributed by atoms with Crippen molar-refractivity contribution in [2.75, 3.05) is 13.7 Å². The molecular weight excluding hydrogens is 462 g/mol. The first-order valence-electron chi connectivity index (χ1n) is 13.4. The first-order valence-corrected chi connectivity index (χ1v) is 13.4. The fourth-order valence-corrected chi connectivity index (χ4v) is 8.48. The van der Waals surface area contributed by atoms with Crippen LogP contribution in [0.2, 0.25) is 0 Å². The second-order valence-electron chi connectivity index (χ2n) is 12.9. The number of carbonyl (C=O) groups is 2. The van der Waals surface area contributed by atoms with Crippen LogP contribution in [0.1, 0.15) is 68.2 Å². The molecule has 3 fully saturated rings. The van der Waals surface area contributed by atoms with Crippen LogP contribution in [0.3, 0.4) is 0 Å². The van der Waals surface area contributed by atoms with Gasteiger partial charge in [-0.05, 0) is 50.3 Å². The summed E-state index contributed by atoms with van der Waals surface area (Å²) in [6.45, 7) is 15.4. The molecule has 0 aromatic rings. The molecular formula is C28H45NO7. The van der Waals surface area contributed by atoms with E-state index in [2.05, 4.69) is 5.32 Å². The Balaban J connectivity index is 1.87. The van der Waals surface area contributed by atoms with Crippen LogP contribution in [0.15, 0.2) is 11.1 Å². The molecule has 36 heavy (non-hydrogen) atoms. The van der Waals surface area contributed by atoms with Crippen LogP contribution >= 0.6 is 0 Å². The van der Waals surface area contributed by atoms with Gasteiger partial charge in [0.05, 0.1) is 18.3 Å². The van der Waals surface area contributed by atoms with E-state index < -0.39 is 64.0 Å². The van der Waals surface area contributed by atoms with Gasteiger partial charge in [0, 0.05) is 35.1 Å². The predicted molar refractivity (Wildman–Crippen MR) is 134 cm³/mol. The third-order valence-corrected chi connectivity index (χ3v) is 11.0. The van der Waals surface area contributed by atoms with E-state index in [1.807, 2.05) is 48.5 Å². The van der Waals surface area contributed by atoms with Gasteiger partial charge in [0.2, 0.25) is 0 Å². The molecule has 0 amide bonds. The minimum absolute atomic E-state index is 0.0382. The lowest BCUT2D eigenvalue weighted by Crippen LogP contribution is -2.77. The zero-order valence-electron chi connectivity index (χ0n) is 23.2. The van der Waals surface area contributed by atoms with Crippen molar-refractivity contribution in [1.82, 2.24) is 5.32 Å². The molecule has 2 bridgehead atoms. The number of ether oxygens (including phenoxy) is 2. The van der Waals surface area contributed by atoms with Crippen molar-refractivity contribution in [1.29, 1.82) is 0 Å². The Kier molecular flexibility index (Phi) is 6.62. The molecule has 8 nitrogen and oxygen atoms in total. The lowest BCUT2D eigenvalue weighted by atomic mass is 9.41. The van der Waals surface area contributed by atoms with E-state index in [1.165, 1.54) is 0 Å². The molecule has 3 aliphatic carbocycles. The van der Waals surface area contributed by atoms with Gasteiger partial charge >= 0.3 is 5.97 Å². The number of Topliss-reactive ketones (excluding diaryl/α,β-unsaturated/α-hetero) is 1. The van der Waals surface area contributed by atoms with Gasteiger partial charge < -0.3 is 30.1 Å². The first kappa shape index (κ1) is 27.7. The summed E-state index contributed by atoms with van der Waals surface area (Å²) in [5.41, 5.74) is -2.73. The number of carbonyl (C=O) groups excluding carboxylic acids is 2. The Labute approximate surface area is 214 Å². The summed E-state index contributed by atoms with van der Waals surface area (Å²) in [5.74, 6) is -2.34. The van der Waals surface area contributed by atoms with Gasteiger partial charge in [0.25, 0.3) is 0 Å². The highest BCUT2D eigenvalue weighted by Crippen LogP contribution is 2.66. The van der Waals surface area contributed by atoms with E-state index in [-0.39, 0.29) is 30.8 Å². The monoisotopic (exact) mass is 507 g/mol. The van der Waals surface area contributed by atoms with Gasteiger partial charge in [-0.25, -0.2) is 4.79 Å². The third-order valence-electron chi connectivity index (χ3n) is 11.0. The summed E-state index contributed by atoms with van der Waals surface area (Å²) in [6.07, 6.45) is -1.82. The Bertz CT molecular complexity index is 977. The highest BCUT2D eigenvalue weighted by atomic mass is 16.6. The number of fused-ring (bicyclic) bond motifs is 5. The zero-order chi connectivity index (χ0) is 27.2. The number of esters is 1. The Morgan fingerprint density at radius 2 is 1.81 bits per heavy atom. The molecule has 4 rings (SSSR count). The summed E-state index contributed by atoms with van der Waals surface area (Å²) in [7, 11) is 1.65. The number of aliphatic hydroxyl groups is 3. The lowest BCUT2D eigenvalue weighted by Gasteiger charge is -2.68. The largest absolute Gasteiger partial charge is 0.456 e. The molecule has 204 valence electrons. The molecule has 7 unspecified atom stereocenters. The van der Waals surface area contributed by atoms with Crippen molar-refractivity contribution in [2.45, 2.75) is 104 Å². The molecule has 4 N–H and O–H groups in total. The zero-order valence-corrected chi connectivity index (χ0v) is 23.2. The summed E-state index contributed by atoms with van der Waals surface area (Å²) >= 11 is 0. The van der Waals surface area contributed by atoms with Crippen molar-refractivity contribution in [3.8, 4) is 0 Å². The number of rotatable bonds is 4. The maximum atomic E-state index is 14.4. The number of hydrogen-bond donors (Lipinski definition) is 4. The fourth-order valence-electron chi connectivity index (χ4n) is 8.48. The Morgan fingerprint density at radius 3 is 2.33 bits per heavy atom. The van der Waals surface area contributed by atoms with Crippen molar-refractivity contribution in [2.24, 2.45) is 34.5 Å². The number of aliphatic hydroxyl groups excluding tert-OH is 1. The van der Waals surface area contributed by atoms with E-state index in [4.69, 9.17) is 9.47 Å². The average Bonchev–Trinajstić information content (AvgIpc) is 2.81. The average molecular weight is 508 g/mol. The highest BCUT2D eigenvalue weighted by Gasteiger charge is 2.73. The van der Waals surface area contributed by atoms with Crippen LogP contribution < -0.4 is 5.32 Å². The summed E-state index contributed by atoms with van der Waals surface area (Å²) in [5, 5.41) is 37.8. The molecule has 0 aromatic carbocycles. The summed E-state index contributed by atoms with van der Waals surface area (Å²) in [4.78, 5) is 27.3. The van der Waals surface area contributed by atoms with Crippen LogP contribution in [-0.4, -0.2) is 76.3 Å². The van der Waals surface area contributed by atoms with E-state index >= 15 is 0 Å². The topological polar surface area (TPSA) is 125 Å². The van der Waals surface area contributed by atoms with E-state index in [9.17, 15) is 24.9 Å². The van der Waals surface area contributed by atoms with E-state index in [0.29, 0.717) is 6.42 Å². The molecule has 2 saturated carbocycles. The second-order valence-corrected chi connectivity index (χ2v) is 12.9. The van der Waals surface area contributed by atoms with Crippen molar-refractivity contribution < 1.29 is 34.4 Å². The summed E-state index contributed by atoms with van der Waals surface area (Å²) in [6, 6.07) is -0.507. The van der Waals surface area contributed by atoms with Crippen molar-refractivity contribution in [3.05, 3.63) is 11.1 Å². The molecule has 11 atom stereocenters. The SMILES string of the molecule is CNC(C)C(O)C(=O)OC1CC2(O)C(C)C3[C@]4(O)COC4C[C@H](C)[C@@]3(C)C(=O)[C@H](C)C(=C1C)C2(C)C. The van der Waals surface area contributed by atoms with Crippen molar-refractivity contribution in [3.63, 3.8) is 0 Å². The smallest absolute Gasteiger partial charge is 0.337 e. The van der Waals surface area contributed by atoms with Gasteiger partial charge in [-0.1, -0.05) is 41.5 Å². The standard InChI is InChI=1S/C28H45NO7/c1-13-10-19-27(33,12-35-19)22-16(4)28(34)11-18(36-24(32)21(30)17(5)29-9)14(2)20(25(28,6)7)15(3)23(31)26(13,22)8/h13,15-19,21-22,29-30,33-34H,10-12H2,1-9H3/t13-,15+,16?,17?,18?,19?,21?,22?,26+,27-,28?/m0/s1.